The van der Waals surface area contributed by atoms with Crippen LogP contribution in [0.15, 0.2) is 18.2 Å². The maximum Gasteiger partial charge on any atom is 0.167 e. The summed E-state index contributed by atoms with van der Waals surface area (Å²) in [5.74, 6) is -0.492. The predicted molar refractivity (Wildman–Crippen MR) is 42.0 cm³/mol. The van der Waals surface area contributed by atoms with E-state index in [1.165, 1.54) is 6.07 Å². The van der Waals surface area contributed by atoms with Crippen molar-refractivity contribution in [1.29, 1.82) is 5.26 Å². The van der Waals surface area contributed by atoms with E-state index in [0.717, 1.165) is 12.1 Å². The Morgan fingerprint density at radius 1 is 1.58 bits per heavy atom. The van der Waals surface area contributed by atoms with Crippen molar-refractivity contribution in [3.63, 3.8) is 0 Å². The molecule has 4 heteroatoms. The molecule has 0 aliphatic heterocycles. The van der Waals surface area contributed by atoms with Gasteiger partial charge in [0, 0.05) is 5.56 Å². The molecule has 0 bridgehead atoms. The summed E-state index contributed by atoms with van der Waals surface area (Å²) in [5.41, 5.74) is 0.223. The molecule has 0 fully saturated rings. The molecule has 0 aromatic heterocycles. The Hall–Kier alpha value is -1.11. The number of benzene rings is 1. The number of hydrogen-bond acceptors (Lipinski definition) is 2. The van der Waals surface area contributed by atoms with E-state index in [9.17, 15) is 4.39 Å². The van der Waals surface area contributed by atoms with Crippen LogP contribution in [0.25, 0.3) is 0 Å². The molecule has 0 aliphatic carbocycles. The van der Waals surface area contributed by atoms with E-state index < -0.39 is 11.9 Å². The highest BCUT2D eigenvalue weighted by Crippen LogP contribution is 2.22. The number of hydrogen-bond donors (Lipinski definition) is 1. The molecule has 0 aliphatic rings. The SMILES string of the molecule is N#CC(O)c1ccc(F)cc1Cl. The summed E-state index contributed by atoms with van der Waals surface area (Å²) < 4.78 is 12.5. The molecule has 0 heterocycles. The van der Waals surface area contributed by atoms with Gasteiger partial charge < -0.3 is 5.11 Å². The van der Waals surface area contributed by atoms with Gasteiger partial charge in [-0.25, -0.2) is 4.39 Å². The van der Waals surface area contributed by atoms with Crippen LogP contribution in [0.4, 0.5) is 4.39 Å². The number of aliphatic hydroxyl groups is 1. The van der Waals surface area contributed by atoms with E-state index in [2.05, 4.69) is 0 Å². The van der Waals surface area contributed by atoms with Gasteiger partial charge in [0.1, 0.15) is 5.82 Å². The Labute approximate surface area is 73.8 Å². The van der Waals surface area contributed by atoms with Crippen molar-refractivity contribution in [1.82, 2.24) is 0 Å². The normalized spacial score (nSPS) is 12.2. The van der Waals surface area contributed by atoms with Gasteiger partial charge in [0.05, 0.1) is 11.1 Å². The van der Waals surface area contributed by atoms with Crippen molar-refractivity contribution < 1.29 is 9.50 Å². The highest BCUT2D eigenvalue weighted by atomic mass is 35.5. The zero-order chi connectivity index (χ0) is 9.14. The minimum Gasteiger partial charge on any atom is -0.374 e. The predicted octanol–water partition coefficient (Wildman–Crippen LogP) is 2.04. The largest absolute Gasteiger partial charge is 0.374 e. The first kappa shape index (κ1) is 8.98. The van der Waals surface area contributed by atoms with Gasteiger partial charge in [-0.1, -0.05) is 17.7 Å². The van der Waals surface area contributed by atoms with E-state index in [-0.39, 0.29) is 10.6 Å². The minimum atomic E-state index is -1.29. The average Bonchev–Trinajstić information content (AvgIpc) is 2.03. The summed E-state index contributed by atoms with van der Waals surface area (Å²) in [6.07, 6.45) is -1.29. The fraction of sp³-hybridized carbons (Fsp3) is 0.125. The quantitative estimate of drug-likeness (QED) is 0.681. The van der Waals surface area contributed by atoms with Crippen molar-refractivity contribution in [2.45, 2.75) is 6.10 Å². The Balaban J connectivity index is 3.11. The second-order valence-electron chi connectivity index (χ2n) is 2.20. The first-order valence-electron chi connectivity index (χ1n) is 3.18. The van der Waals surface area contributed by atoms with Crippen molar-refractivity contribution in [2.75, 3.05) is 0 Å². The number of nitriles is 1. The standard InChI is InChI=1S/C8H5ClFNO/c9-7-3-5(10)1-2-6(7)8(12)4-11/h1-3,8,12H. The number of aliphatic hydroxyl groups excluding tert-OH is 1. The summed E-state index contributed by atoms with van der Waals surface area (Å²) in [4.78, 5) is 0. The first-order chi connectivity index (χ1) is 5.65. The zero-order valence-electron chi connectivity index (χ0n) is 5.96. The lowest BCUT2D eigenvalue weighted by atomic mass is 10.1. The number of halogens is 2. The highest BCUT2D eigenvalue weighted by molar-refractivity contribution is 6.31. The Kier molecular flexibility index (Phi) is 2.64. The third-order valence-electron chi connectivity index (χ3n) is 1.38. The van der Waals surface area contributed by atoms with Crippen molar-refractivity contribution in [2.24, 2.45) is 0 Å². The maximum atomic E-state index is 12.5. The molecule has 1 aromatic rings. The summed E-state index contributed by atoms with van der Waals surface area (Å²) in [7, 11) is 0. The Morgan fingerprint density at radius 3 is 2.75 bits per heavy atom. The first-order valence-corrected chi connectivity index (χ1v) is 3.55. The van der Waals surface area contributed by atoms with E-state index in [4.69, 9.17) is 22.0 Å². The van der Waals surface area contributed by atoms with Gasteiger partial charge in [0.2, 0.25) is 0 Å². The third kappa shape index (κ3) is 1.73. The van der Waals surface area contributed by atoms with Crippen molar-refractivity contribution in [3.8, 4) is 6.07 Å². The number of rotatable bonds is 1. The van der Waals surface area contributed by atoms with E-state index >= 15 is 0 Å². The molecule has 1 unspecified atom stereocenters. The van der Waals surface area contributed by atoms with E-state index in [1.807, 2.05) is 0 Å². The van der Waals surface area contributed by atoms with Crippen LogP contribution in [0.1, 0.15) is 11.7 Å². The van der Waals surface area contributed by atoms with Gasteiger partial charge >= 0.3 is 0 Å². The molecule has 0 saturated carbocycles. The molecular weight excluding hydrogens is 181 g/mol. The second-order valence-corrected chi connectivity index (χ2v) is 2.60. The molecule has 1 N–H and O–H groups in total. The highest BCUT2D eigenvalue weighted by Gasteiger charge is 2.10. The van der Waals surface area contributed by atoms with Crippen molar-refractivity contribution >= 4 is 11.6 Å². The molecule has 62 valence electrons. The molecule has 1 atom stereocenters. The van der Waals surface area contributed by atoms with Gasteiger partial charge in [-0.15, -0.1) is 0 Å². The second kappa shape index (κ2) is 3.53. The molecule has 2 nitrogen and oxygen atoms in total. The molecule has 0 radical (unpaired) electrons. The van der Waals surface area contributed by atoms with Gasteiger partial charge in [-0.05, 0) is 12.1 Å². The topological polar surface area (TPSA) is 44.0 Å². The molecule has 1 aromatic carbocycles. The van der Waals surface area contributed by atoms with Crippen LogP contribution < -0.4 is 0 Å². The van der Waals surface area contributed by atoms with Crippen LogP contribution in [0.2, 0.25) is 5.02 Å². The zero-order valence-corrected chi connectivity index (χ0v) is 6.72. The molecule has 0 spiro atoms. The lowest BCUT2D eigenvalue weighted by Gasteiger charge is -2.03. The molecule has 1 rings (SSSR count). The minimum absolute atomic E-state index is 0.0593. The van der Waals surface area contributed by atoms with Crippen LogP contribution >= 0.6 is 11.6 Å². The van der Waals surface area contributed by atoms with Gasteiger partial charge in [0.25, 0.3) is 0 Å². The van der Waals surface area contributed by atoms with Gasteiger partial charge in [-0.3, -0.25) is 0 Å². The number of nitrogens with zero attached hydrogens (tertiary/aromatic N) is 1. The lowest BCUT2D eigenvalue weighted by molar-refractivity contribution is 0.236. The Bertz CT molecular complexity index is 334. The van der Waals surface area contributed by atoms with Crippen LogP contribution in [0.5, 0.6) is 0 Å². The van der Waals surface area contributed by atoms with Crippen LogP contribution in [0, 0.1) is 17.1 Å². The van der Waals surface area contributed by atoms with Crippen LogP contribution in [0.3, 0.4) is 0 Å². The van der Waals surface area contributed by atoms with Gasteiger partial charge in [0.15, 0.2) is 6.10 Å². The maximum absolute atomic E-state index is 12.5. The smallest absolute Gasteiger partial charge is 0.167 e. The van der Waals surface area contributed by atoms with E-state index in [0.29, 0.717) is 0 Å². The molecule has 0 amide bonds. The van der Waals surface area contributed by atoms with Crippen LogP contribution in [-0.4, -0.2) is 5.11 Å². The summed E-state index contributed by atoms with van der Waals surface area (Å²) in [6.45, 7) is 0. The summed E-state index contributed by atoms with van der Waals surface area (Å²) in [6, 6.07) is 5.07. The molecule has 12 heavy (non-hydrogen) atoms. The van der Waals surface area contributed by atoms with E-state index in [1.54, 1.807) is 6.07 Å². The lowest BCUT2D eigenvalue weighted by Crippen LogP contribution is -1.94. The monoisotopic (exact) mass is 185 g/mol. The molecule has 0 saturated heterocycles. The average molecular weight is 186 g/mol. The summed E-state index contributed by atoms with van der Waals surface area (Å²) >= 11 is 5.55. The molecular formula is C8H5ClFNO. The Morgan fingerprint density at radius 2 is 2.25 bits per heavy atom. The van der Waals surface area contributed by atoms with Crippen LogP contribution in [-0.2, 0) is 0 Å². The fourth-order valence-electron chi connectivity index (χ4n) is 0.793. The van der Waals surface area contributed by atoms with Gasteiger partial charge in [-0.2, -0.15) is 5.26 Å². The van der Waals surface area contributed by atoms with Crippen molar-refractivity contribution in [3.05, 3.63) is 34.6 Å². The summed E-state index contributed by atoms with van der Waals surface area (Å²) in [5, 5.41) is 17.4. The third-order valence-corrected chi connectivity index (χ3v) is 1.71. The fourth-order valence-corrected chi connectivity index (χ4v) is 1.06.